The van der Waals surface area contributed by atoms with Gasteiger partial charge in [-0.3, -0.25) is 0 Å². The molecule has 6 nitrogen and oxygen atoms in total. The number of unbranched alkanes of at least 4 members (excludes halogenated alkanes) is 1. The first-order valence-corrected chi connectivity index (χ1v) is 11.7. The summed E-state index contributed by atoms with van der Waals surface area (Å²) in [5, 5.41) is 13.7. The number of hydrogen-bond donors (Lipinski definition) is 4. The predicted octanol–water partition coefficient (Wildman–Crippen LogP) is -4.89. The Bertz CT molecular complexity index is 312. The number of hydrogen-bond acceptors (Lipinski definition) is 4. The number of quaternary nitrogens is 2. The van der Waals surface area contributed by atoms with Crippen LogP contribution in [0.5, 0.6) is 0 Å². The number of halogens is 2. The Morgan fingerprint density at radius 2 is 0.700 bits per heavy atom. The standard InChI is InChI=1S/C22H54N6.2ClH/c1-23-13-9-19-27(3,4)21-11-17-25-15-7-8-16-26-18-12-22-28(5,6)20-10-14-24-2;;/h23-26H,7-22H2,1-6H3;2*1H/q+2;;/p-2. The Morgan fingerprint density at radius 1 is 0.433 bits per heavy atom. The lowest BCUT2D eigenvalue weighted by atomic mass is 10.2. The average molecular weight is 474 g/mol. The van der Waals surface area contributed by atoms with Crippen molar-refractivity contribution in [2.24, 2.45) is 0 Å². The van der Waals surface area contributed by atoms with Crippen molar-refractivity contribution in [3.05, 3.63) is 0 Å². The highest BCUT2D eigenvalue weighted by atomic mass is 35.5. The summed E-state index contributed by atoms with van der Waals surface area (Å²) in [5.74, 6) is 0. The lowest BCUT2D eigenvalue weighted by Gasteiger charge is -2.30. The monoisotopic (exact) mass is 472 g/mol. The quantitative estimate of drug-likeness (QED) is 0.0998. The van der Waals surface area contributed by atoms with Gasteiger partial charge in [0.05, 0.1) is 54.4 Å². The molecule has 30 heavy (non-hydrogen) atoms. The summed E-state index contributed by atoms with van der Waals surface area (Å²) in [6.07, 6.45) is 7.62. The molecule has 0 aromatic rings. The van der Waals surface area contributed by atoms with Crippen LogP contribution >= 0.6 is 0 Å². The van der Waals surface area contributed by atoms with E-state index in [4.69, 9.17) is 0 Å². The normalized spacial score (nSPS) is 11.8. The van der Waals surface area contributed by atoms with E-state index in [0.29, 0.717) is 0 Å². The van der Waals surface area contributed by atoms with Crippen molar-refractivity contribution in [2.75, 3.05) is 108 Å². The zero-order chi connectivity index (χ0) is 21.1. The lowest BCUT2D eigenvalue weighted by Crippen LogP contribution is -3.00. The van der Waals surface area contributed by atoms with Gasteiger partial charge < -0.3 is 55.0 Å². The highest BCUT2D eigenvalue weighted by molar-refractivity contribution is 4.53. The first kappa shape index (κ1) is 34.9. The van der Waals surface area contributed by atoms with Gasteiger partial charge in [-0.2, -0.15) is 0 Å². The van der Waals surface area contributed by atoms with E-state index in [1.807, 2.05) is 14.1 Å². The van der Waals surface area contributed by atoms with Crippen LogP contribution in [0.15, 0.2) is 0 Å². The zero-order valence-electron chi connectivity index (χ0n) is 21.0. The fourth-order valence-corrected chi connectivity index (χ4v) is 3.61. The van der Waals surface area contributed by atoms with Crippen molar-refractivity contribution in [3.8, 4) is 0 Å². The van der Waals surface area contributed by atoms with Crippen LogP contribution in [0.2, 0.25) is 0 Å². The van der Waals surface area contributed by atoms with E-state index in [1.165, 1.54) is 64.7 Å². The van der Waals surface area contributed by atoms with Gasteiger partial charge in [0.15, 0.2) is 0 Å². The van der Waals surface area contributed by atoms with Crippen LogP contribution in [-0.4, -0.2) is 117 Å². The second kappa shape index (κ2) is 22.5. The van der Waals surface area contributed by atoms with Crippen LogP contribution in [0.25, 0.3) is 0 Å². The molecule has 8 heteroatoms. The molecule has 0 unspecified atom stereocenters. The predicted molar refractivity (Wildman–Crippen MR) is 125 cm³/mol. The van der Waals surface area contributed by atoms with Crippen molar-refractivity contribution in [1.82, 2.24) is 21.3 Å². The van der Waals surface area contributed by atoms with Gasteiger partial charge in [0.25, 0.3) is 0 Å². The largest absolute Gasteiger partial charge is 1.00 e. The van der Waals surface area contributed by atoms with Gasteiger partial charge in [-0.05, 0) is 40.0 Å². The van der Waals surface area contributed by atoms with E-state index in [-0.39, 0.29) is 24.8 Å². The smallest absolute Gasteiger partial charge is 0.0794 e. The summed E-state index contributed by atoms with van der Waals surface area (Å²) >= 11 is 0. The molecule has 186 valence electrons. The molecule has 0 aliphatic carbocycles. The SMILES string of the molecule is CNCCC[N+](C)(C)CCCNCCCCNCCC[N+](C)(C)CCCNC.[Cl-].[Cl-]. The third-order valence-electron chi connectivity index (χ3n) is 5.57. The Hall–Kier alpha value is 0.340. The van der Waals surface area contributed by atoms with Gasteiger partial charge in [-0.25, -0.2) is 0 Å². The Kier molecular flexibility index (Phi) is 26.2. The van der Waals surface area contributed by atoms with Crippen molar-refractivity contribution in [1.29, 1.82) is 0 Å². The molecule has 0 aliphatic heterocycles. The van der Waals surface area contributed by atoms with Gasteiger partial charge in [0.2, 0.25) is 0 Å². The third kappa shape index (κ3) is 24.6. The minimum absolute atomic E-state index is 0. The van der Waals surface area contributed by atoms with Gasteiger partial charge >= 0.3 is 0 Å². The molecule has 0 heterocycles. The second-order valence-corrected chi connectivity index (χ2v) is 9.59. The van der Waals surface area contributed by atoms with Gasteiger partial charge in [0.1, 0.15) is 0 Å². The van der Waals surface area contributed by atoms with E-state index in [2.05, 4.69) is 49.5 Å². The zero-order valence-corrected chi connectivity index (χ0v) is 22.5. The van der Waals surface area contributed by atoms with Gasteiger partial charge in [-0.15, -0.1) is 0 Å². The molecule has 0 saturated carbocycles. The number of rotatable bonds is 21. The summed E-state index contributed by atoms with van der Waals surface area (Å²) < 4.78 is 2.27. The highest BCUT2D eigenvalue weighted by Crippen LogP contribution is 2.01. The maximum Gasteiger partial charge on any atom is 0.0794 e. The van der Waals surface area contributed by atoms with Crippen LogP contribution in [-0.2, 0) is 0 Å². The highest BCUT2D eigenvalue weighted by Gasteiger charge is 2.14. The van der Waals surface area contributed by atoms with Crippen LogP contribution < -0.4 is 46.1 Å². The Morgan fingerprint density at radius 3 is 1.00 bits per heavy atom. The van der Waals surface area contributed by atoms with E-state index in [1.54, 1.807) is 0 Å². The van der Waals surface area contributed by atoms with Gasteiger partial charge in [-0.1, -0.05) is 0 Å². The molecule has 0 saturated heterocycles. The summed E-state index contributed by atoms with van der Waals surface area (Å²) in [6, 6.07) is 0. The Labute approximate surface area is 201 Å². The third-order valence-corrected chi connectivity index (χ3v) is 5.57. The molecule has 4 N–H and O–H groups in total. The average Bonchev–Trinajstić information content (AvgIpc) is 2.62. The van der Waals surface area contributed by atoms with Crippen molar-refractivity contribution >= 4 is 0 Å². The molecule has 0 radical (unpaired) electrons. The van der Waals surface area contributed by atoms with Crippen molar-refractivity contribution in [3.63, 3.8) is 0 Å². The lowest BCUT2D eigenvalue weighted by molar-refractivity contribution is -0.890. The van der Waals surface area contributed by atoms with Crippen LogP contribution in [0.1, 0.15) is 38.5 Å². The van der Waals surface area contributed by atoms with Crippen LogP contribution in [0, 0.1) is 0 Å². The molecule has 0 rings (SSSR count). The molecule has 0 aromatic carbocycles. The second-order valence-electron chi connectivity index (χ2n) is 9.59. The van der Waals surface area contributed by atoms with Crippen LogP contribution in [0.4, 0.5) is 0 Å². The van der Waals surface area contributed by atoms with E-state index in [0.717, 1.165) is 48.2 Å². The summed E-state index contributed by atoms with van der Waals surface area (Å²) in [6.45, 7) is 11.9. The van der Waals surface area contributed by atoms with E-state index >= 15 is 0 Å². The van der Waals surface area contributed by atoms with Crippen molar-refractivity contribution in [2.45, 2.75) is 38.5 Å². The number of nitrogens with one attached hydrogen (secondary N) is 4. The molecule has 0 spiro atoms. The van der Waals surface area contributed by atoms with Crippen molar-refractivity contribution < 1.29 is 33.8 Å². The summed E-state index contributed by atoms with van der Waals surface area (Å²) in [4.78, 5) is 0. The number of nitrogens with zero attached hydrogens (tertiary/aromatic N) is 2. The first-order chi connectivity index (χ1) is 13.3. The van der Waals surface area contributed by atoms with E-state index < -0.39 is 0 Å². The van der Waals surface area contributed by atoms with E-state index in [9.17, 15) is 0 Å². The molecule has 0 amide bonds. The molecule has 0 atom stereocenters. The molecule has 0 bridgehead atoms. The summed E-state index contributed by atoms with van der Waals surface area (Å²) in [5.41, 5.74) is 0. The molecule has 0 fully saturated rings. The van der Waals surface area contributed by atoms with Crippen LogP contribution in [0.3, 0.4) is 0 Å². The molecular weight excluding hydrogens is 419 g/mol. The molecule has 0 aromatic heterocycles. The minimum Gasteiger partial charge on any atom is -1.00 e. The minimum atomic E-state index is 0. The topological polar surface area (TPSA) is 48.1 Å². The molecule has 0 aliphatic rings. The summed E-state index contributed by atoms with van der Waals surface area (Å²) in [7, 11) is 13.5. The maximum atomic E-state index is 3.61. The Balaban J connectivity index is -0.00000364. The fourth-order valence-electron chi connectivity index (χ4n) is 3.61. The van der Waals surface area contributed by atoms with Gasteiger partial charge in [0, 0.05) is 51.9 Å². The maximum absolute atomic E-state index is 3.61. The molecular formula is C22H54Cl2N6. The fraction of sp³-hybridized carbons (Fsp3) is 1.00. The first-order valence-electron chi connectivity index (χ1n) is 11.7.